The SMILES string of the molecule is O=C(CNc1n[nH]c(=O)[nH]c1=O)NN=Cc1ccccn1. The third-order valence-corrected chi connectivity index (χ3v) is 2.20. The molecule has 2 aromatic rings. The van der Waals surface area contributed by atoms with E-state index in [1.807, 2.05) is 10.1 Å². The molecule has 0 unspecified atom stereocenters. The Morgan fingerprint density at radius 1 is 1.38 bits per heavy atom. The molecule has 0 saturated carbocycles. The Hall–Kier alpha value is -3.30. The topological polar surface area (TPSA) is 145 Å². The number of aromatic amines is 2. The van der Waals surface area contributed by atoms with Crippen molar-refractivity contribution >= 4 is 17.9 Å². The van der Waals surface area contributed by atoms with Crippen molar-refractivity contribution in [1.29, 1.82) is 0 Å². The standard InChI is InChI=1S/C11H11N7O3/c19-8(16-14-5-7-3-1-2-4-12-7)6-13-9-10(20)15-11(21)18-17-9/h1-5H,6H2,(H,13,17)(H,16,19)(H2,15,18,20,21). The van der Waals surface area contributed by atoms with Crippen LogP contribution >= 0.6 is 0 Å². The van der Waals surface area contributed by atoms with Crippen LogP contribution in [0.15, 0.2) is 39.1 Å². The van der Waals surface area contributed by atoms with Crippen LogP contribution in [-0.4, -0.2) is 38.8 Å². The van der Waals surface area contributed by atoms with Crippen molar-refractivity contribution in [2.24, 2.45) is 5.10 Å². The van der Waals surface area contributed by atoms with Crippen molar-refractivity contribution in [3.05, 3.63) is 50.9 Å². The van der Waals surface area contributed by atoms with Gasteiger partial charge in [0.25, 0.3) is 11.5 Å². The number of hydrogen-bond donors (Lipinski definition) is 4. The number of hydrogen-bond acceptors (Lipinski definition) is 7. The van der Waals surface area contributed by atoms with Gasteiger partial charge in [-0.2, -0.15) is 5.10 Å². The molecule has 0 aliphatic rings. The highest BCUT2D eigenvalue weighted by Crippen LogP contribution is 1.88. The first kappa shape index (κ1) is 14.1. The number of nitrogens with zero attached hydrogens (tertiary/aromatic N) is 3. The second-order valence-electron chi connectivity index (χ2n) is 3.76. The highest BCUT2D eigenvalue weighted by molar-refractivity contribution is 5.83. The summed E-state index contributed by atoms with van der Waals surface area (Å²) in [5, 5.41) is 11.7. The van der Waals surface area contributed by atoms with Crippen LogP contribution in [-0.2, 0) is 4.79 Å². The molecule has 0 aliphatic carbocycles. The van der Waals surface area contributed by atoms with Crippen LogP contribution in [0.1, 0.15) is 5.69 Å². The van der Waals surface area contributed by atoms with Gasteiger partial charge >= 0.3 is 5.69 Å². The summed E-state index contributed by atoms with van der Waals surface area (Å²) in [6.45, 7) is -0.234. The lowest BCUT2D eigenvalue weighted by molar-refractivity contribution is -0.119. The molecule has 0 atom stereocenters. The highest BCUT2D eigenvalue weighted by Gasteiger charge is 2.04. The largest absolute Gasteiger partial charge is 0.355 e. The predicted molar refractivity (Wildman–Crippen MR) is 73.9 cm³/mol. The summed E-state index contributed by atoms with van der Waals surface area (Å²) in [6, 6.07) is 5.26. The third kappa shape index (κ3) is 4.38. The zero-order valence-electron chi connectivity index (χ0n) is 10.7. The van der Waals surface area contributed by atoms with E-state index < -0.39 is 17.2 Å². The molecule has 2 aromatic heterocycles. The Labute approximate surface area is 117 Å². The summed E-state index contributed by atoms with van der Waals surface area (Å²) in [7, 11) is 0. The van der Waals surface area contributed by atoms with E-state index in [1.54, 1.807) is 24.4 Å². The molecule has 2 rings (SSSR count). The van der Waals surface area contributed by atoms with Crippen LogP contribution in [0.4, 0.5) is 5.82 Å². The fraction of sp³-hybridized carbons (Fsp3) is 0.0909. The number of pyridine rings is 1. The van der Waals surface area contributed by atoms with E-state index in [2.05, 4.69) is 25.9 Å². The molecule has 21 heavy (non-hydrogen) atoms. The van der Waals surface area contributed by atoms with Gasteiger partial charge < -0.3 is 5.32 Å². The van der Waals surface area contributed by atoms with Crippen molar-refractivity contribution < 1.29 is 4.79 Å². The maximum atomic E-state index is 11.5. The van der Waals surface area contributed by atoms with Gasteiger partial charge in [-0.05, 0) is 12.1 Å². The summed E-state index contributed by atoms with van der Waals surface area (Å²) in [5.41, 5.74) is 1.39. The first-order valence-electron chi connectivity index (χ1n) is 5.81. The molecular weight excluding hydrogens is 278 g/mol. The Balaban J connectivity index is 1.84. The van der Waals surface area contributed by atoms with E-state index in [4.69, 9.17) is 0 Å². The molecule has 0 fully saturated rings. The average molecular weight is 289 g/mol. The van der Waals surface area contributed by atoms with Gasteiger partial charge in [-0.15, -0.1) is 5.10 Å². The van der Waals surface area contributed by atoms with Gasteiger partial charge in [0.05, 0.1) is 18.5 Å². The zero-order valence-corrected chi connectivity index (χ0v) is 10.7. The van der Waals surface area contributed by atoms with Crippen LogP contribution in [0.25, 0.3) is 0 Å². The van der Waals surface area contributed by atoms with E-state index in [0.717, 1.165) is 0 Å². The zero-order chi connectivity index (χ0) is 15.1. The minimum Gasteiger partial charge on any atom is -0.355 e. The Kier molecular flexibility index (Phi) is 4.54. The summed E-state index contributed by atoms with van der Waals surface area (Å²) in [6.07, 6.45) is 2.97. The first-order valence-corrected chi connectivity index (χ1v) is 5.81. The van der Waals surface area contributed by atoms with Gasteiger partial charge in [0.15, 0.2) is 0 Å². The van der Waals surface area contributed by atoms with E-state index >= 15 is 0 Å². The van der Waals surface area contributed by atoms with Crippen LogP contribution in [0, 0.1) is 0 Å². The van der Waals surface area contributed by atoms with E-state index in [1.165, 1.54) is 6.21 Å². The quantitative estimate of drug-likeness (QED) is 0.386. The molecule has 4 N–H and O–H groups in total. The fourth-order valence-electron chi connectivity index (χ4n) is 1.29. The maximum Gasteiger partial charge on any atom is 0.342 e. The molecule has 10 heteroatoms. The maximum absolute atomic E-state index is 11.5. The van der Waals surface area contributed by atoms with E-state index in [-0.39, 0.29) is 12.4 Å². The van der Waals surface area contributed by atoms with Gasteiger partial charge in [-0.1, -0.05) is 6.07 Å². The normalized spacial score (nSPS) is 10.5. The summed E-state index contributed by atoms with van der Waals surface area (Å²) >= 11 is 0. The van der Waals surface area contributed by atoms with Crippen molar-refractivity contribution in [1.82, 2.24) is 25.6 Å². The average Bonchev–Trinajstić information content (AvgIpc) is 2.47. The molecule has 0 saturated heterocycles. The molecular formula is C11H11N7O3. The van der Waals surface area contributed by atoms with Crippen LogP contribution < -0.4 is 22.0 Å². The number of H-pyrrole nitrogens is 2. The molecule has 0 spiro atoms. The minimum atomic E-state index is -0.727. The molecule has 108 valence electrons. The Morgan fingerprint density at radius 3 is 2.95 bits per heavy atom. The minimum absolute atomic E-state index is 0.168. The van der Waals surface area contributed by atoms with Crippen molar-refractivity contribution in [2.75, 3.05) is 11.9 Å². The predicted octanol–water partition coefficient (Wildman–Crippen LogP) is -1.58. The summed E-state index contributed by atoms with van der Waals surface area (Å²) < 4.78 is 0. The van der Waals surface area contributed by atoms with Crippen LogP contribution in [0.3, 0.4) is 0 Å². The molecule has 0 radical (unpaired) electrons. The molecule has 0 aliphatic heterocycles. The number of aromatic nitrogens is 4. The monoisotopic (exact) mass is 289 g/mol. The third-order valence-electron chi connectivity index (χ3n) is 2.20. The second-order valence-corrected chi connectivity index (χ2v) is 3.76. The van der Waals surface area contributed by atoms with E-state index in [9.17, 15) is 14.4 Å². The lowest BCUT2D eigenvalue weighted by atomic mass is 10.4. The highest BCUT2D eigenvalue weighted by atomic mass is 16.2. The molecule has 2 heterocycles. The summed E-state index contributed by atoms with van der Waals surface area (Å²) in [5.74, 6) is -0.659. The number of amides is 1. The van der Waals surface area contributed by atoms with Crippen LogP contribution in [0.5, 0.6) is 0 Å². The number of anilines is 1. The van der Waals surface area contributed by atoms with Gasteiger partial charge in [-0.3, -0.25) is 19.6 Å². The van der Waals surface area contributed by atoms with Crippen LogP contribution in [0.2, 0.25) is 0 Å². The van der Waals surface area contributed by atoms with Gasteiger partial charge in [0.2, 0.25) is 5.82 Å². The van der Waals surface area contributed by atoms with Crippen molar-refractivity contribution in [2.45, 2.75) is 0 Å². The first-order chi connectivity index (χ1) is 10.1. The molecule has 1 amide bonds. The smallest absolute Gasteiger partial charge is 0.342 e. The Morgan fingerprint density at radius 2 is 2.24 bits per heavy atom. The fourth-order valence-corrected chi connectivity index (χ4v) is 1.29. The number of carbonyl (C=O) groups is 1. The van der Waals surface area contributed by atoms with Crippen molar-refractivity contribution in [3.8, 4) is 0 Å². The Bertz CT molecular complexity index is 750. The lowest BCUT2D eigenvalue weighted by Crippen LogP contribution is -2.31. The van der Waals surface area contributed by atoms with Crippen molar-refractivity contribution in [3.63, 3.8) is 0 Å². The second kappa shape index (κ2) is 6.75. The van der Waals surface area contributed by atoms with Gasteiger partial charge in [-0.25, -0.2) is 15.3 Å². The van der Waals surface area contributed by atoms with E-state index in [0.29, 0.717) is 5.69 Å². The molecule has 0 bridgehead atoms. The molecule has 10 nitrogen and oxygen atoms in total. The number of hydrazone groups is 1. The number of rotatable bonds is 5. The number of nitrogens with one attached hydrogen (secondary N) is 4. The molecule has 0 aromatic carbocycles. The number of carbonyl (C=O) groups excluding carboxylic acids is 1. The van der Waals surface area contributed by atoms with Gasteiger partial charge in [0.1, 0.15) is 0 Å². The lowest BCUT2D eigenvalue weighted by Gasteiger charge is -2.02. The summed E-state index contributed by atoms with van der Waals surface area (Å²) in [4.78, 5) is 39.4. The van der Waals surface area contributed by atoms with Gasteiger partial charge in [0, 0.05) is 6.20 Å².